The number of thioether (sulfide) groups is 1. The van der Waals surface area contributed by atoms with Gasteiger partial charge < -0.3 is 9.80 Å². The monoisotopic (exact) mass is 262 g/mol. The van der Waals surface area contributed by atoms with Crippen LogP contribution in [0, 0.1) is 0 Å². The van der Waals surface area contributed by atoms with Gasteiger partial charge in [0.1, 0.15) is 0 Å². The minimum atomic E-state index is 0.182. The third kappa shape index (κ3) is 1.99. The zero-order chi connectivity index (χ0) is 12.5. The molecule has 2 aliphatic rings. The maximum atomic E-state index is 12.6. The van der Waals surface area contributed by atoms with E-state index in [1.165, 1.54) is 12.1 Å². The summed E-state index contributed by atoms with van der Waals surface area (Å²) in [6.45, 7) is 1.73. The molecule has 1 fully saturated rings. The molecule has 3 rings (SSSR count). The predicted octanol–water partition coefficient (Wildman–Crippen LogP) is 2.37. The molecule has 1 aromatic rings. The molecule has 0 aromatic heterocycles. The van der Waals surface area contributed by atoms with E-state index in [0.29, 0.717) is 5.91 Å². The number of carbonyl (C=O) groups is 1. The summed E-state index contributed by atoms with van der Waals surface area (Å²) >= 11 is 1.81. The standard InChI is InChI=1S/C14H18N2OS/c1-15-8-9-16(12-6-3-2-5-11(12)15)14(17)13-7-4-10-18-13/h2-3,5-6,13H,4,7-10H2,1H3. The molecule has 96 valence electrons. The van der Waals surface area contributed by atoms with Crippen LogP contribution in [-0.4, -0.2) is 37.0 Å². The summed E-state index contributed by atoms with van der Waals surface area (Å²) in [4.78, 5) is 16.8. The van der Waals surface area contributed by atoms with Crippen LogP contribution in [0.15, 0.2) is 24.3 Å². The van der Waals surface area contributed by atoms with Gasteiger partial charge in [0, 0.05) is 20.1 Å². The zero-order valence-electron chi connectivity index (χ0n) is 10.6. The second kappa shape index (κ2) is 4.84. The Morgan fingerprint density at radius 1 is 1.28 bits per heavy atom. The van der Waals surface area contributed by atoms with Crippen LogP contribution < -0.4 is 9.80 Å². The van der Waals surface area contributed by atoms with E-state index < -0.39 is 0 Å². The van der Waals surface area contributed by atoms with Gasteiger partial charge in [-0.2, -0.15) is 0 Å². The highest BCUT2D eigenvalue weighted by Crippen LogP contribution is 2.35. The van der Waals surface area contributed by atoms with Gasteiger partial charge >= 0.3 is 0 Å². The van der Waals surface area contributed by atoms with Crippen molar-refractivity contribution in [2.75, 3.05) is 35.7 Å². The Balaban J connectivity index is 1.89. The average Bonchev–Trinajstić information content (AvgIpc) is 2.93. The van der Waals surface area contributed by atoms with Crippen molar-refractivity contribution in [2.24, 2.45) is 0 Å². The summed E-state index contributed by atoms with van der Waals surface area (Å²) in [6, 6.07) is 8.20. The van der Waals surface area contributed by atoms with E-state index in [0.717, 1.165) is 31.0 Å². The summed E-state index contributed by atoms with van der Waals surface area (Å²) in [6.07, 6.45) is 2.22. The first-order valence-corrected chi connectivity index (χ1v) is 7.55. The highest BCUT2D eigenvalue weighted by atomic mass is 32.2. The van der Waals surface area contributed by atoms with Crippen molar-refractivity contribution in [3.05, 3.63) is 24.3 Å². The van der Waals surface area contributed by atoms with Gasteiger partial charge in [-0.3, -0.25) is 4.79 Å². The van der Waals surface area contributed by atoms with Crippen LogP contribution in [0.3, 0.4) is 0 Å². The molecule has 0 aliphatic carbocycles. The summed E-state index contributed by atoms with van der Waals surface area (Å²) in [7, 11) is 2.09. The number of nitrogens with zero attached hydrogens (tertiary/aromatic N) is 2. The number of para-hydroxylation sites is 2. The van der Waals surface area contributed by atoms with E-state index in [1.807, 2.05) is 28.8 Å². The van der Waals surface area contributed by atoms with Crippen molar-refractivity contribution >= 4 is 29.0 Å². The molecule has 3 nitrogen and oxygen atoms in total. The van der Waals surface area contributed by atoms with E-state index in [1.54, 1.807) is 0 Å². The van der Waals surface area contributed by atoms with Crippen molar-refractivity contribution < 1.29 is 4.79 Å². The van der Waals surface area contributed by atoms with Crippen LogP contribution in [-0.2, 0) is 4.79 Å². The van der Waals surface area contributed by atoms with Gasteiger partial charge in [0.25, 0.3) is 0 Å². The lowest BCUT2D eigenvalue weighted by Crippen LogP contribution is -2.45. The molecule has 18 heavy (non-hydrogen) atoms. The fourth-order valence-electron chi connectivity index (χ4n) is 2.68. The number of likely N-dealkylation sites (N-methyl/N-ethyl adjacent to an activating group) is 1. The molecular weight excluding hydrogens is 244 g/mol. The predicted molar refractivity (Wildman–Crippen MR) is 77.5 cm³/mol. The van der Waals surface area contributed by atoms with Crippen LogP contribution in [0.2, 0.25) is 0 Å². The highest BCUT2D eigenvalue weighted by molar-refractivity contribution is 8.00. The lowest BCUT2D eigenvalue weighted by molar-refractivity contribution is -0.118. The Kier molecular flexibility index (Phi) is 3.20. The van der Waals surface area contributed by atoms with E-state index in [9.17, 15) is 4.79 Å². The number of rotatable bonds is 1. The van der Waals surface area contributed by atoms with Crippen molar-refractivity contribution in [1.82, 2.24) is 0 Å². The molecule has 1 unspecified atom stereocenters. The van der Waals surface area contributed by atoms with Crippen molar-refractivity contribution in [3.8, 4) is 0 Å². The first-order valence-electron chi connectivity index (χ1n) is 6.50. The summed E-state index contributed by atoms with van der Waals surface area (Å²) in [5.74, 6) is 1.43. The van der Waals surface area contributed by atoms with Gasteiger partial charge in [-0.15, -0.1) is 11.8 Å². The Morgan fingerprint density at radius 3 is 2.78 bits per heavy atom. The number of benzene rings is 1. The molecule has 1 amide bonds. The van der Waals surface area contributed by atoms with Crippen LogP contribution in [0.4, 0.5) is 11.4 Å². The third-order valence-corrected chi connectivity index (χ3v) is 5.08. The molecule has 4 heteroatoms. The molecule has 1 saturated heterocycles. The number of fused-ring (bicyclic) bond motifs is 1. The summed E-state index contributed by atoms with van der Waals surface area (Å²) in [5, 5.41) is 0.182. The maximum Gasteiger partial charge on any atom is 0.240 e. The lowest BCUT2D eigenvalue weighted by atomic mass is 10.1. The Bertz CT molecular complexity index is 457. The van der Waals surface area contributed by atoms with Gasteiger partial charge in [-0.25, -0.2) is 0 Å². The smallest absolute Gasteiger partial charge is 0.240 e. The largest absolute Gasteiger partial charge is 0.371 e. The zero-order valence-corrected chi connectivity index (χ0v) is 11.4. The van der Waals surface area contributed by atoms with Crippen molar-refractivity contribution in [2.45, 2.75) is 18.1 Å². The molecule has 0 radical (unpaired) electrons. The van der Waals surface area contributed by atoms with Crippen molar-refractivity contribution in [3.63, 3.8) is 0 Å². The number of carbonyl (C=O) groups excluding carboxylic acids is 1. The second-order valence-corrected chi connectivity index (χ2v) is 6.21. The Labute approximate surface area is 112 Å². The molecule has 0 N–H and O–H groups in total. The van der Waals surface area contributed by atoms with Gasteiger partial charge in [-0.05, 0) is 30.7 Å². The molecule has 2 heterocycles. The summed E-state index contributed by atoms with van der Waals surface area (Å²) < 4.78 is 0. The van der Waals surface area contributed by atoms with E-state index >= 15 is 0 Å². The number of amides is 1. The molecule has 0 saturated carbocycles. The minimum absolute atomic E-state index is 0.182. The Hall–Kier alpha value is -1.16. The first-order chi connectivity index (χ1) is 8.77. The molecule has 1 atom stereocenters. The van der Waals surface area contributed by atoms with E-state index in [2.05, 4.69) is 24.1 Å². The molecule has 1 aromatic carbocycles. The number of hydrogen-bond donors (Lipinski definition) is 0. The number of hydrogen-bond acceptors (Lipinski definition) is 3. The topological polar surface area (TPSA) is 23.6 Å². The molecule has 0 bridgehead atoms. The van der Waals surface area contributed by atoms with Crippen LogP contribution in [0.5, 0.6) is 0 Å². The average molecular weight is 262 g/mol. The van der Waals surface area contributed by atoms with Crippen molar-refractivity contribution in [1.29, 1.82) is 0 Å². The minimum Gasteiger partial charge on any atom is -0.371 e. The van der Waals surface area contributed by atoms with Crippen LogP contribution in [0.1, 0.15) is 12.8 Å². The van der Waals surface area contributed by atoms with Crippen LogP contribution in [0.25, 0.3) is 0 Å². The molecule has 2 aliphatic heterocycles. The van der Waals surface area contributed by atoms with E-state index in [-0.39, 0.29) is 5.25 Å². The molecular formula is C14H18N2OS. The quantitative estimate of drug-likeness (QED) is 0.776. The third-order valence-electron chi connectivity index (χ3n) is 3.71. The number of anilines is 2. The molecule has 0 spiro atoms. The van der Waals surface area contributed by atoms with Gasteiger partial charge in [-0.1, -0.05) is 12.1 Å². The summed E-state index contributed by atoms with van der Waals surface area (Å²) in [5.41, 5.74) is 2.24. The maximum absolute atomic E-state index is 12.6. The van der Waals surface area contributed by atoms with E-state index in [4.69, 9.17) is 0 Å². The van der Waals surface area contributed by atoms with Gasteiger partial charge in [0.2, 0.25) is 5.91 Å². The lowest BCUT2D eigenvalue weighted by Gasteiger charge is -2.36. The fourth-order valence-corrected chi connectivity index (χ4v) is 3.90. The van der Waals surface area contributed by atoms with Gasteiger partial charge in [0.05, 0.1) is 16.6 Å². The Morgan fingerprint density at radius 2 is 2.06 bits per heavy atom. The second-order valence-electron chi connectivity index (χ2n) is 4.90. The van der Waals surface area contributed by atoms with Crippen LogP contribution >= 0.6 is 11.8 Å². The fraction of sp³-hybridized carbons (Fsp3) is 0.500. The SMILES string of the molecule is CN1CCN(C(=O)C2CCCS2)c2ccccc21. The highest BCUT2D eigenvalue weighted by Gasteiger charge is 2.31. The first kappa shape index (κ1) is 11.9. The van der Waals surface area contributed by atoms with Gasteiger partial charge in [0.15, 0.2) is 0 Å². The normalized spacial score (nSPS) is 23.1.